The molecule has 0 bridgehead atoms. The van der Waals surface area contributed by atoms with Crippen LogP contribution in [0.1, 0.15) is 37.9 Å². The first-order valence-corrected chi connectivity index (χ1v) is 11.0. The Kier molecular flexibility index (Phi) is 6.30. The van der Waals surface area contributed by atoms with Crippen LogP contribution in [-0.4, -0.2) is 56.7 Å². The third-order valence-corrected chi connectivity index (χ3v) is 5.48. The Morgan fingerprint density at radius 3 is 2.58 bits per heavy atom. The van der Waals surface area contributed by atoms with E-state index in [0.717, 1.165) is 35.7 Å². The van der Waals surface area contributed by atoms with Crippen LogP contribution in [-0.2, 0) is 9.53 Å². The molecule has 0 aliphatic carbocycles. The molecule has 0 N–H and O–H groups in total. The van der Waals surface area contributed by atoms with E-state index >= 15 is 0 Å². The number of fused-ring (bicyclic) bond motifs is 1. The molecule has 1 aliphatic rings. The second kappa shape index (κ2) is 9.32. The molecule has 0 unspecified atom stereocenters. The summed E-state index contributed by atoms with van der Waals surface area (Å²) in [5.74, 6) is -0.0645. The summed E-state index contributed by atoms with van der Waals surface area (Å²) in [6.07, 6.45) is 4.85. The molecule has 9 nitrogen and oxygen atoms in total. The van der Waals surface area contributed by atoms with Crippen LogP contribution >= 0.6 is 0 Å². The summed E-state index contributed by atoms with van der Waals surface area (Å²) in [5, 5.41) is 4.54. The molecule has 1 aliphatic heterocycles. The van der Waals surface area contributed by atoms with E-state index in [1.54, 1.807) is 30.2 Å². The number of carbonyl (C=O) groups excluding carboxylic acids is 1. The number of nitrogens with zero attached hydrogens (tertiary/aromatic N) is 7. The third-order valence-electron chi connectivity index (χ3n) is 5.48. The number of rotatable bonds is 7. The molecule has 0 radical (unpaired) electrons. The number of benzene rings is 1. The minimum Gasteiger partial charge on any atom is -0.461 e. The number of carbonyl (C=O) groups is 1. The number of aryl methyl sites for hydroxylation is 2. The Morgan fingerprint density at radius 1 is 1.15 bits per heavy atom. The molecule has 170 valence electrons. The Balaban J connectivity index is 1.84. The summed E-state index contributed by atoms with van der Waals surface area (Å²) in [5.41, 5.74) is 5.37. The van der Waals surface area contributed by atoms with Crippen molar-refractivity contribution in [2.45, 2.75) is 34.6 Å². The van der Waals surface area contributed by atoms with E-state index in [9.17, 15) is 4.79 Å². The summed E-state index contributed by atoms with van der Waals surface area (Å²) in [6.45, 7) is 12.0. The topological polar surface area (TPSA) is 97.9 Å². The SMILES string of the molecule is CCOC(=O)C1=Nn2c(nc(C)c2-c2cnccn2)/C1=N\c1ccc(N(CC)CC)cc1C. The van der Waals surface area contributed by atoms with E-state index in [1.807, 2.05) is 26.0 Å². The summed E-state index contributed by atoms with van der Waals surface area (Å²) in [4.78, 5) is 33.0. The van der Waals surface area contributed by atoms with Crippen LogP contribution in [0.3, 0.4) is 0 Å². The normalized spacial score (nSPS) is 13.7. The van der Waals surface area contributed by atoms with Gasteiger partial charge in [0.25, 0.3) is 0 Å². The fraction of sp³-hybridized carbons (Fsp3) is 0.333. The van der Waals surface area contributed by atoms with Crippen molar-refractivity contribution in [3.63, 3.8) is 0 Å². The summed E-state index contributed by atoms with van der Waals surface area (Å²) < 4.78 is 6.86. The zero-order valence-electron chi connectivity index (χ0n) is 19.5. The van der Waals surface area contributed by atoms with Crippen molar-refractivity contribution in [1.29, 1.82) is 0 Å². The maximum atomic E-state index is 12.7. The zero-order chi connectivity index (χ0) is 23.5. The fourth-order valence-electron chi connectivity index (χ4n) is 3.85. The van der Waals surface area contributed by atoms with E-state index in [-0.39, 0.29) is 12.3 Å². The zero-order valence-corrected chi connectivity index (χ0v) is 19.5. The standard InChI is InChI=1S/C24H27N7O2/c1-6-30(7-2)17-9-10-18(15(4)13-17)28-20-21(24(32)33-8-3)29-31-22(16(5)27-23(20)31)19-14-25-11-12-26-19/h9-14H,6-8H2,1-5H3/b28-20-. The van der Waals surface area contributed by atoms with Gasteiger partial charge >= 0.3 is 5.97 Å². The van der Waals surface area contributed by atoms with Crippen molar-refractivity contribution < 1.29 is 9.53 Å². The van der Waals surface area contributed by atoms with Gasteiger partial charge in [0.15, 0.2) is 11.5 Å². The van der Waals surface area contributed by atoms with Gasteiger partial charge in [-0.25, -0.2) is 19.4 Å². The van der Waals surface area contributed by atoms with Crippen molar-refractivity contribution in [2.24, 2.45) is 10.1 Å². The summed E-state index contributed by atoms with van der Waals surface area (Å²) in [7, 11) is 0. The second-order valence-electron chi connectivity index (χ2n) is 7.54. The van der Waals surface area contributed by atoms with Crippen LogP contribution in [0, 0.1) is 13.8 Å². The number of aromatic nitrogens is 4. The number of aliphatic imine (C=N–C) groups is 1. The molecule has 0 atom stereocenters. The van der Waals surface area contributed by atoms with Gasteiger partial charge in [-0.15, -0.1) is 0 Å². The van der Waals surface area contributed by atoms with E-state index in [0.29, 0.717) is 22.9 Å². The molecule has 4 rings (SSSR count). The highest BCUT2D eigenvalue weighted by Crippen LogP contribution is 2.30. The molecular formula is C24H27N7O2. The average molecular weight is 446 g/mol. The van der Waals surface area contributed by atoms with Crippen LogP contribution in [0.4, 0.5) is 11.4 Å². The van der Waals surface area contributed by atoms with E-state index < -0.39 is 5.97 Å². The summed E-state index contributed by atoms with van der Waals surface area (Å²) in [6, 6.07) is 6.10. The molecule has 3 heterocycles. The molecule has 9 heteroatoms. The van der Waals surface area contributed by atoms with Crippen LogP contribution in [0.5, 0.6) is 0 Å². The van der Waals surface area contributed by atoms with Crippen LogP contribution in [0.15, 0.2) is 46.9 Å². The lowest BCUT2D eigenvalue weighted by Gasteiger charge is -2.21. The number of hydrogen-bond donors (Lipinski definition) is 0. The Bertz CT molecular complexity index is 1240. The van der Waals surface area contributed by atoms with Gasteiger partial charge in [0, 0.05) is 31.2 Å². The van der Waals surface area contributed by atoms with Gasteiger partial charge in [-0.1, -0.05) is 0 Å². The van der Waals surface area contributed by atoms with Crippen LogP contribution in [0.25, 0.3) is 11.4 Å². The van der Waals surface area contributed by atoms with Crippen LogP contribution in [0.2, 0.25) is 0 Å². The molecule has 2 aromatic heterocycles. The minimum absolute atomic E-state index is 0.122. The van der Waals surface area contributed by atoms with Gasteiger partial charge in [-0.3, -0.25) is 9.97 Å². The molecular weight excluding hydrogens is 418 g/mol. The van der Waals surface area contributed by atoms with Crippen molar-refractivity contribution >= 4 is 28.8 Å². The predicted octanol–water partition coefficient (Wildman–Crippen LogP) is 3.70. The molecule has 33 heavy (non-hydrogen) atoms. The second-order valence-corrected chi connectivity index (χ2v) is 7.54. The first-order chi connectivity index (χ1) is 16.0. The highest BCUT2D eigenvalue weighted by atomic mass is 16.5. The number of esters is 1. The number of imidazole rings is 1. The highest BCUT2D eigenvalue weighted by molar-refractivity contribution is 6.69. The largest absolute Gasteiger partial charge is 0.461 e. The number of ether oxygens (including phenoxy) is 1. The highest BCUT2D eigenvalue weighted by Gasteiger charge is 2.34. The first-order valence-electron chi connectivity index (χ1n) is 11.0. The maximum Gasteiger partial charge on any atom is 0.361 e. The summed E-state index contributed by atoms with van der Waals surface area (Å²) >= 11 is 0. The Labute approximate surface area is 192 Å². The minimum atomic E-state index is -0.540. The van der Waals surface area contributed by atoms with Gasteiger partial charge in [-0.05, 0) is 58.4 Å². The van der Waals surface area contributed by atoms with Gasteiger partial charge in [0.1, 0.15) is 17.1 Å². The first kappa shape index (κ1) is 22.3. The lowest BCUT2D eigenvalue weighted by molar-refractivity contribution is -0.134. The lowest BCUT2D eigenvalue weighted by Crippen LogP contribution is -2.24. The van der Waals surface area contributed by atoms with Gasteiger partial charge < -0.3 is 9.64 Å². The molecule has 3 aromatic rings. The van der Waals surface area contributed by atoms with Crippen LogP contribution < -0.4 is 4.90 Å². The van der Waals surface area contributed by atoms with E-state index in [1.165, 1.54) is 0 Å². The number of hydrogen-bond acceptors (Lipinski definition) is 8. The van der Waals surface area contributed by atoms with E-state index in [2.05, 4.69) is 44.9 Å². The van der Waals surface area contributed by atoms with Crippen molar-refractivity contribution in [3.8, 4) is 11.4 Å². The monoisotopic (exact) mass is 445 g/mol. The smallest absolute Gasteiger partial charge is 0.361 e. The molecule has 1 aromatic carbocycles. The van der Waals surface area contributed by atoms with Gasteiger partial charge in [0.2, 0.25) is 0 Å². The Morgan fingerprint density at radius 2 is 1.94 bits per heavy atom. The Hall–Kier alpha value is -3.88. The molecule has 0 fully saturated rings. The number of anilines is 1. The van der Waals surface area contributed by atoms with Gasteiger partial charge in [-0.2, -0.15) is 5.10 Å². The molecule has 0 saturated heterocycles. The average Bonchev–Trinajstić information content (AvgIpc) is 3.31. The van der Waals surface area contributed by atoms with Gasteiger partial charge in [0.05, 0.1) is 24.2 Å². The molecule has 0 spiro atoms. The van der Waals surface area contributed by atoms with Crippen molar-refractivity contribution in [2.75, 3.05) is 24.6 Å². The molecule has 0 amide bonds. The predicted molar refractivity (Wildman–Crippen MR) is 128 cm³/mol. The lowest BCUT2D eigenvalue weighted by atomic mass is 10.1. The molecule has 0 saturated carbocycles. The van der Waals surface area contributed by atoms with E-state index in [4.69, 9.17) is 9.73 Å². The fourth-order valence-corrected chi connectivity index (χ4v) is 3.85. The van der Waals surface area contributed by atoms with Crippen molar-refractivity contribution in [1.82, 2.24) is 19.6 Å². The maximum absolute atomic E-state index is 12.7. The quantitative estimate of drug-likeness (QED) is 0.514. The van der Waals surface area contributed by atoms with Crippen molar-refractivity contribution in [3.05, 3.63) is 53.9 Å². The third kappa shape index (κ3) is 4.13.